The molecule has 1 N–H and O–H groups in total. The molecular formula is C27H29ClN6O2S. The third-order valence-electron chi connectivity index (χ3n) is 6.96. The lowest BCUT2D eigenvalue weighted by molar-refractivity contribution is -0.486. The third-order valence-corrected chi connectivity index (χ3v) is 8.10. The van der Waals surface area contributed by atoms with E-state index in [4.69, 9.17) is 11.6 Å². The smallest absolute Gasteiger partial charge is 0.273 e. The highest BCUT2D eigenvalue weighted by molar-refractivity contribution is 7.15. The molecule has 192 valence electrons. The summed E-state index contributed by atoms with van der Waals surface area (Å²) in [5.41, 5.74) is 3.08. The number of guanidine groups is 1. The summed E-state index contributed by atoms with van der Waals surface area (Å²) in [5, 5.41) is 20.8. The zero-order valence-electron chi connectivity index (χ0n) is 20.9. The van der Waals surface area contributed by atoms with Gasteiger partial charge >= 0.3 is 0 Å². The molecule has 37 heavy (non-hydrogen) atoms. The van der Waals surface area contributed by atoms with Gasteiger partial charge in [0.05, 0.1) is 13.3 Å². The molecule has 1 atom stereocenters. The third kappa shape index (κ3) is 5.69. The van der Waals surface area contributed by atoms with E-state index >= 15 is 0 Å². The van der Waals surface area contributed by atoms with Crippen LogP contribution in [0.1, 0.15) is 34.8 Å². The van der Waals surface area contributed by atoms with Gasteiger partial charge in [-0.3, -0.25) is 4.90 Å². The van der Waals surface area contributed by atoms with Crippen molar-refractivity contribution >= 4 is 50.4 Å². The molecule has 4 aromatic rings. The van der Waals surface area contributed by atoms with E-state index in [-0.39, 0.29) is 0 Å². The van der Waals surface area contributed by atoms with Crippen LogP contribution in [-0.4, -0.2) is 53.2 Å². The number of aryl methyl sites for hydroxylation is 1. The second-order valence-corrected chi connectivity index (χ2v) is 11.3. The molecule has 0 saturated carbocycles. The molecule has 0 radical (unpaired) electrons. The van der Waals surface area contributed by atoms with E-state index in [9.17, 15) is 10.1 Å². The van der Waals surface area contributed by atoms with E-state index in [0.29, 0.717) is 29.7 Å². The lowest BCUT2D eigenvalue weighted by atomic mass is 9.78. The van der Waals surface area contributed by atoms with Crippen LogP contribution in [-0.2, 0) is 12.8 Å². The minimum Gasteiger partial charge on any atom is -0.338 e. The van der Waals surface area contributed by atoms with Gasteiger partial charge in [0.2, 0.25) is 0 Å². The standard InChI is InChI=1S/C22H18ClNS.C5H11N5O2/c23-22-24-13-16(25-22)12-15-5-3-7-19-18(15)10-11-20-17-6-2-1-4-14(17)8-9-21(19)20;1-8-3-6-5(7-10(11)12)9(2)4-8/h1-2,4,6,8-11,13,15H,3,5,7,12H2;3-4H2,1-2H3,(H,6,7). The molecule has 1 saturated heterocycles. The summed E-state index contributed by atoms with van der Waals surface area (Å²) in [6.07, 6.45) is 6.69. The monoisotopic (exact) mass is 536 g/mol. The number of fused-ring (bicyclic) bond motifs is 5. The van der Waals surface area contributed by atoms with Gasteiger partial charge in [-0.15, -0.1) is 11.3 Å². The van der Waals surface area contributed by atoms with Crippen LogP contribution in [0.3, 0.4) is 0 Å². The van der Waals surface area contributed by atoms with Gasteiger partial charge in [0.15, 0.2) is 9.50 Å². The zero-order chi connectivity index (χ0) is 25.9. The molecule has 0 bridgehead atoms. The van der Waals surface area contributed by atoms with Crippen molar-refractivity contribution in [3.8, 4) is 0 Å². The van der Waals surface area contributed by atoms with Crippen molar-refractivity contribution < 1.29 is 5.03 Å². The van der Waals surface area contributed by atoms with Crippen molar-refractivity contribution in [2.24, 2.45) is 5.10 Å². The Morgan fingerprint density at radius 1 is 1.16 bits per heavy atom. The quantitative estimate of drug-likeness (QED) is 0.206. The Balaban J connectivity index is 0.000000198. The Kier molecular flexibility index (Phi) is 7.55. The number of hydrazone groups is 1. The van der Waals surface area contributed by atoms with E-state index in [1.807, 2.05) is 18.1 Å². The van der Waals surface area contributed by atoms with E-state index in [2.05, 4.69) is 63.9 Å². The van der Waals surface area contributed by atoms with Crippen LogP contribution in [0.5, 0.6) is 0 Å². The van der Waals surface area contributed by atoms with Crippen molar-refractivity contribution in [2.75, 3.05) is 27.4 Å². The van der Waals surface area contributed by atoms with Gasteiger partial charge in [0.1, 0.15) is 5.10 Å². The Bertz CT molecular complexity index is 1470. The normalized spacial score (nSPS) is 18.8. The van der Waals surface area contributed by atoms with Crippen LogP contribution in [0.15, 0.2) is 59.8 Å². The molecule has 1 aliphatic heterocycles. The lowest BCUT2D eigenvalue weighted by Crippen LogP contribution is -2.54. The largest absolute Gasteiger partial charge is 0.338 e. The van der Waals surface area contributed by atoms with Crippen molar-refractivity contribution in [1.29, 1.82) is 0 Å². The Morgan fingerprint density at radius 2 is 1.97 bits per heavy atom. The Hall–Kier alpha value is -3.27. The molecule has 8 nitrogen and oxygen atoms in total. The SMILES string of the molecule is CN1CNC(=N[N+](=O)[O-])N(C)C1.Clc1ncc(CC2CCCc3c2ccc2c3ccc3ccccc32)s1. The van der Waals surface area contributed by atoms with Crippen molar-refractivity contribution in [3.05, 3.63) is 85.3 Å². The van der Waals surface area contributed by atoms with Crippen LogP contribution >= 0.6 is 22.9 Å². The average Bonchev–Trinajstić information content (AvgIpc) is 3.30. The molecule has 1 unspecified atom stereocenters. The Morgan fingerprint density at radius 3 is 2.73 bits per heavy atom. The first-order valence-corrected chi connectivity index (χ1v) is 13.5. The fourth-order valence-electron chi connectivity index (χ4n) is 5.35. The summed E-state index contributed by atoms with van der Waals surface area (Å²) in [5.74, 6) is 0.884. The van der Waals surface area contributed by atoms with Crippen LogP contribution in [0.25, 0.3) is 21.5 Å². The van der Waals surface area contributed by atoms with Gasteiger partial charge in [-0.25, -0.2) is 15.1 Å². The fraction of sp³-hybridized carbons (Fsp3) is 0.333. The predicted octanol–water partition coefficient (Wildman–Crippen LogP) is 5.68. The first kappa shape index (κ1) is 25.4. The van der Waals surface area contributed by atoms with Gasteiger partial charge in [-0.1, -0.05) is 60.1 Å². The number of nitrogens with zero attached hydrogens (tertiary/aromatic N) is 5. The first-order valence-electron chi connectivity index (χ1n) is 12.3. The van der Waals surface area contributed by atoms with Crippen molar-refractivity contribution in [2.45, 2.75) is 31.6 Å². The molecule has 1 aliphatic carbocycles. The maximum absolute atomic E-state index is 10.0. The summed E-state index contributed by atoms with van der Waals surface area (Å²) < 4.78 is 0.649. The molecule has 1 fully saturated rings. The summed E-state index contributed by atoms with van der Waals surface area (Å²) >= 11 is 7.64. The second kappa shape index (κ2) is 11.0. The summed E-state index contributed by atoms with van der Waals surface area (Å²) in [6, 6.07) is 18.0. The highest BCUT2D eigenvalue weighted by Crippen LogP contribution is 2.40. The molecule has 2 heterocycles. The maximum Gasteiger partial charge on any atom is 0.273 e. The highest BCUT2D eigenvalue weighted by atomic mass is 35.5. The minimum absolute atomic E-state index is 0.304. The predicted molar refractivity (Wildman–Crippen MR) is 151 cm³/mol. The van der Waals surface area contributed by atoms with Crippen LogP contribution in [0.2, 0.25) is 4.47 Å². The Labute approximate surface area is 224 Å². The first-order chi connectivity index (χ1) is 17.9. The summed E-state index contributed by atoms with van der Waals surface area (Å²) in [4.78, 5) is 19.2. The number of hydrogen-bond donors (Lipinski definition) is 1. The van der Waals surface area contributed by atoms with Gasteiger partial charge in [-0.05, 0) is 71.3 Å². The maximum atomic E-state index is 10.0. The second-order valence-electron chi connectivity index (χ2n) is 9.58. The minimum atomic E-state index is -0.704. The number of rotatable bonds is 3. The molecule has 3 aromatic carbocycles. The van der Waals surface area contributed by atoms with E-state index in [1.54, 1.807) is 28.8 Å². The van der Waals surface area contributed by atoms with Gasteiger partial charge in [-0.2, -0.15) is 0 Å². The topological polar surface area (TPSA) is 86.9 Å². The molecule has 6 rings (SSSR count). The number of thiazole rings is 1. The molecule has 0 amide bonds. The fourth-order valence-corrected chi connectivity index (χ4v) is 6.41. The highest BCUT2D eigenvalue weighted by Gasteiger charge is 2.23. The molecular weight excluding hydrogens is 508 g/mol. The van der Waals surface area contributed by atoms with Gasteiger partial charge in [0, 0.05) is 18.1 Å². The number of aromatic nitrogens is 1. The number of benzene rings is 3. The number of nitro groups is 1. The van der Waals surface area contributed by atoms with E-state index in [1.165, 1.54) is 51.2 Å². The van der Waals surface area contributed by atoms with Crippen LogP contribution < -0.4 is 5.32 Å². The van der Waals surface area contributed by atoms with Crippen LogP contribution in [0.4, 0.5) is 0 Å². The number of hydrogen-bond acceptors (Lipinski definition) is 5. The number of halogens is 1. The van der Waals surface area contributed by atoms with Crippen LogP contribution in [0, 0.1) is 10.1 Å². The van der Waals surface area contributed by atoms with Crippen molar-refractivity contribution in [1.82, 2.24) is 20.1 Å². The van der Waals surface area contributed by atoms with E-state index < -0.39 is 5.03 Å². The zero-order valence-corrected chi connectivity index (χ0v) is 22.4. The van der Waals surface area contributed by atoms with Crippen molar-refractivity contribution in [3.63, 3.8) is 0 Å². The lowest BCUT2D eigenvalue weighted by Gasteiger charge is -2.31. The molecule has 10 heteroatoms. The molecule has 2 aliphatic rings. The number of nitrogens with one attached hydrogen (secondary N) is 1. The molecule has 0 spiro atoms. The summed E-state index contributed by atoms with van der Waals surface area (Å²) in [7, 11) is 3.65. The van der Waals surface area contributed by atoms with Gasteiger partial charge in [0.25, 0.3) is 5.96 Å². The summed E-state index contributed by atoms with van der Waals surface area (Å²) in [6.45, 7) is 1.22. The average molecular weight is 537 g/mol. The molecule has 1 aromatic heterocycles. The van der Waals surface area contributed by atoms with E-state index in [0.717, 1.165) is 6.42 Å². The van der Waals surface area contributed by atoms with Gasteiger partial charge < -0.3 is 10.2 Å².